The lowest BCUT2D eigenvalue weighted by atomic mass is 9.96. The Hall–Kier alpha value is -2.18. The van der Waals surface area contributed by atoms with Gasteiger partial charge in [0.1, 0.15) is 5.82 Å². The van der Waals surface area contributed by atoms with E-state index in [0.29, 0.717) is 5.92 Å². The highest BCUT2D eigenvalue weighted by molar-refractivity contribution is 5.49. The van der Waals surface area contributed by atoms with Gasteiger partial charge in [-0.25, -0.2) is 4.98 Å². The first-order valence-corrected chi connectivity index (χ1v) is 10.3. The molecule has 28 heavy (non-hydrogen) atoms. The standard InChI is InChI=1S/C22H31N5O/c1-15(28)17-6-7-19-14-27(10-8-18(19)12-17)21-13-20(16-4-5-16)24-22(25-21)23-9-11-26(2)3/h6-7,12-13,15-16,28H,4-5,8-11,14H2,1-3H3,(H,23,24,25)/t15-/m0/s1. The predicted octanol–water partition coefficient (Wildman–Crippen LogP) is 2.94. The number of anilines is 2. The van der Waals surface area contributed by atoms with Gasteiger partial charge in [0.05, 0.1) is 11.8 Å². The summed E-state index contributed by atoms with van der Waals surface area (Å²) in [6.07, 6.45) is 3.03. The van der Waals surface area contributed by atoms with Crippen LogP contribution in [0.25, 0.3) is 0 Å². The average Bonchev–Trinajstić information content (AvgIpc) is 3.52. The molecule has 1 saturated carbocycles. The van der Waals surface area contributed by atoms with E-state index >= 15 is 0 Å². The van der Waals surface area contributed by atoms with E-state index in [1.807, 2.05) is 13.0 Å². The van der Waals surface area contributed by atoms with Gasteiger partial charge >= 0.3 is 0 Å². The number of benzene rings is 1. The van der Waals surface area contributed by atoms with Crippen LogP contribution < -0.4 is 10.2 Å². The largest absolute Gasteiger partial charge is 0.389 e. The monoisotopic (exact) mass is 381 g/mol. The van der Waals surface area contributed by atoms with Gasteiger partial charge in [0.15, 0.2) is 0 Å². The second-order valence-electron chi connectivity index (χ2n) is 8.35. The average molecular weight is 382 g/mol. The van der Waals surface area contributed by atoms with Crippen LogP contribution >= 0.6 is 0 Å². The maximum atomic E-state index is 9.84. The third-order valence-electron chi connectivity index (χ3n) is 5.62. The number of aromatic nitrogens is 2. The van der Waals surface area contributed by atoms with E-state index in [2.05, 4.69) is 47.4 Å². The SMILES string of the molecule is C[C@H](O)c1ccc2c(c1)CCN(c1cc(C3CC3)nc(NCCN(C)C)n1)C2. The highest BCUT2D eigenvalue weighted by atomic mass is 16.3. The van der Waals surface area contributed by atoms with E-state index in [1.165, 1.54) is 29.7 Å². The number of rotatable bonds is 7. The summed E-state index contributed by atoms with van der Waals surface area (Å²) in [5.74, 6) is 2.37. The zero-order valence-corrected chi connectivity index (χ0v) is 17.1. The molecule has 2 N–H and O–H groups in total. The molecule has 1 atom stereocenters. The number of nitrogens with one attached hydrogen (secondary N) is 1. The predicted molar refractivity (Wildman–Crippen MR) is 113 cm³/mol. The lowest BCUT2D eigenvalue weighted by molar-refractivity contribution is 0.199. The molecule has 6 heteroatoms. The Bertz CT molecular complexity index is 832. The van der Waals surface area contributed by atoms with E-state index in [9.17, 15) is 5.11 Å². The maximum Gasteiger partial charge on any atom is 0.224 e. The molecule has 2 aromatic rings. The van der Waals surface area contributed by atoms with Gasteiger partial charge < -0.3 is 20.2 Å². The molecule has 2 aliphatic rings. The molecule has 0 spiro atoms. The van der Waals surface area contributed by atoms with Crippen molar-refractivity contribution in [3.05, 3.63) is 46.6 Å². The minimum absolute atomic E-state index is 0.415. The van der Waals surface area contributed by atoms with Crippen molar-refractivity contribution in [2.24, 2.45) is 0 Å². The third kappa shape index (κ3) is 4.45. The molecule has 6 nitrogen and oxygen atoms in total. The van der Waals surface area contributed by atoms with E-state index in [-0.39, 0.29) is 0 Å². The molecule has 1 aromatic heterocycles. The molecule has 1 fully saturated rings. The summed E-state index contributed by atoms with van der Waals surface area (Å²) in [6, 6.07) is 8.53. The summed E-state index contributed by atoms with van der Waals surface area (Å²) in [6.45, 7) is 5.41. The number of likely N-dealkylation sites (N-methyl/N-ethyl adjacent to an activating group) is 1. The zero-order valence-electron chi connectivity index (χ0n) is 17.1. The topological polar surface area (TPSA) is 64.5 Å². The van der Waals surface area contributed by atoms with Crippen molar-refractivity contribution >= 4 is 11.8 Å². The Balaban J connectivity index is 1.54. The maximum absolute atomic E-state index is 9.84. The summed E-state index contributed by atoms with van der Waals surface area (Å²) in [5, 5.41) is 13.2. The van der Waals surface area contributed by atoms with E-state index in [4.69, 9.17) is 9.97 Å². The molecule has 0 bridgehead atoms. The number of hydrogen-bond acceptors (Lipinski definition) is 6. The van der Waals surface area contributed by atoms with E-state index < -0.39 is 6.10 Å². The number of aliphatic hydroxyl groups is 1. The molecule has 150 valence electrons. The molecule has 1 aromatic carbocycles. The smallest absolute Gasteiger partial charge is 0.224 e. The molecule has 1 aliphatic carbocycles. The van der Waals surface area contributed by atoms with Crippen LogP contribution in [-0.2, 0) is 13.0 Å². The highest BCUT2D eigenvalue weighted by Crippen LogP contribution is 2.40. The molecular weight excluding hydrogens is 350 g/mol. The van der Waals surface area contributed by atoms with Crippen LogP contribution in [-0.4, -0.2) is 53.7 Å². The number of nitrogens with zero attached hydrogens (tertiary/aromatic N) is 4. The minimum Gasteiger partial charge on any atom is -0.389 e. The molecule has 0 radical (unpaired) electrons. The summed E-state index contributed by atoms with van der Waals surface area (Å²) < 4.78 is 0. The Morgan fingerprint density at radius 1 is 1.21 bits per heavy atom. The fourth-order valence-corrected chi connectivity index (χ4v) is 3.70. The number of fused-ring (bicyclic) bond motifs is 1. The van der Waals surface area contributed by atoms with Gasteiger partial charge in [-0.15, -0.1) is 0 Å². The first kappa shape index (κ1) is 19.2. The second kappa shape index (κ2) is 8.05. The quantitative estimate of drug-likeness (QED) is 0.769. The summed E-state index contributed by atoms with van der Waals surface area (Å²) in [7, 11) is 4.14. The van der Waals surface area contributed by atoms with Crippen molar-refractivity contribution in [3.63, 3.8) is 0 Å². The van der Waals surface area contributed by atoms with Crippen molar-refractivity contribution < 1.29 is 5.11 Å². The summed E-state index contributed by atoms with van der Waals surface area (Å²) in [5.41, 5.74) is 4.84. The summed E-state index contributed by atoms with van der Waals surface area (Å²) in [4.78, 5) is 14.1. The van der Waals surface area contributed by atoms with Gasteiger partial charge in [-0.05, 0) is 57.0 Å². The Labute approximate surface area is 167 Å². The van der Waals surface area contributed by atoms with Crippen LogP contribution in [0.15, 0.2) is 24.3 Å². The molecule has 0 saturated heterocycles. The van der Waals surface area contributed by atoms with Crippen LogP contribution in [0.2, 0.25) is 0 Å². The fourth-order valence-electron chi connectivity index (χ4n) is 3.70. The van der Waals surface area contributed by atoms with Crippen molar-refractivity contribution in [1.29, 1.82) is 0 Å². The zero-order chi connectivity index (χ0) is 19.7. The van der Waals surface area contributed by atoms with Gasteiger partial charge in [0, 0.05) is 38.2 Å². The fraction of sp³-hybridized carbons (Fsp3) is 0.545. The van der Waals surface area contributed by atoms with Crippen molar-refractivity contribution in [2.75, 3.05) is 43.9 Å². The highest BCUT2D eigenvalue weighted by Gasteiger charge is 2.27. The normalized spacial score (nSPS) is 17.5. The van der Waals surface area contributed by atoms with Crippen molar-refractivity contribution in [1.82, 2.24) is 14.9 Å². The second-order valence-corrected chi connectivity index (χ2v) is 8.35. The number of aliphatic hydroxyl groups excluding tert-OH is 1. The third-order valence-corrected chi connectivity index (χ3v) is 5.62. The van der Waals surface area contributed by atoms with E-state index in [0.717, 1.165) is 49.9 Å². The van der Waals surface area contributed by atoms with Crippen LogP contribution in [0.5, 0.6) is 0 Å². The summed E-state index contributed by atoms with van der Waals surface area (Å²) >= 11 is 0. The molecule has 4 rings (SSSR count). The number of hydrogen-bond donors (Lipinski definition) is 2. The van der Waals surface area contributed by atoms with E-state index in [1.54, 1.807) is 0 Å². The molecule has 1 aliphatic heterocycles. The molecule has 2 heterocycles. The van der Waals surface area contributed by atoms with Crippen LogP contribution in [0, 0.1) is 0 Å². The van der Waals surface area contributed by atoms with Crippen LogP contribution in [0.4, 0.5) is 11.8 Å². The molecular formula is C22H31N5O. The van der Waals surface area contributed by atoms with Gasteiger partial charge in [-0.3, -0.25) is 0 Å². The lowest BCUT2D eigenvalue weighted by Gasteiger charge is -2.30. The van der Waals surface area contributed by atoms with Crippen molar-refractivity contribution in [2.45, 2.75) is 44.8 Å². The minimum atomic E-state index is -0.415. The van der Waals surface area contributed by atoms with Gasteiger partial charge in [-0.2, -0.15) is 4.98 Å². The van der Waals surface area contributed by atoms with Gasteiger partial charge in [0.2, 0.25) is 5.95 Å². The van der Waals surface area contributed by atoms with Crippen molar-refractivity contribution in [3.8, 4) is 0 Å². The molecule has 0 amide bonds. The Morgan fingerprint density at radius 3 is 2.75 bits per heavy atom. The van der Waals surface area contributed by atoms with Crippen LogP contribution in [0.1, 0.15) is 54.2 Å². The lowest BCUT2D eigenvalue weighted by Crippen LogP contribution is -2.31. The Kier molecular flexibility index (Phi) is 5.51. The first-order valence-electron chi connectivity index (χ1n) is 10.3. The van der Waals surface area contributed by atoms with Gasteiger partial charge in [0.25, 0.3) is 0 Å². The first-order chi connectivity index (χ1) is 13.5. The van der Waals surface area contributed by atoms with Crippen LogP contribution in [0.3, 0.4) is 0 Å². The Morgan fingerprint density at radius 2 is 2.04 bits per heavy atom. The molecule has 0 unspecified atom stereocenters. The van der Waals surface area contributed by atoms with Gasteiger partial charge in [-0.1, -0.05) is 18.2 Å².